The van der Waals surface area contributed by atoms with E-state index in [-0.39, 0.29) is 14.9 Å². The minimum atomic E-state index is -3.43. The lowest BCUT2D eigenvalue weighted by atomic mass is 10.4. The Labute approximate surface area is 105 Å². The summed E-state index contributed by atoms with van der Waals surface area (Å²) in [6.45, 7) is 1.18. The molecule has 1 unspecified atom stereocenters. The molecule has 0 saturated carbocycles. The van der Waals surface area contributed by atoms with Crippen LogP contribution >= 0.6 is 23.2 Å². The molecule has 1 heterocycles. The molecule has 16 heavy (non-hydrogen) atoms. The van der Waals surface area contributed by atoms with Gasteiger partial charge in [-0.25, -0.2) is 8.42 Å². The van der Waals surface area contributed by atoms with E-state index in [2.05, 4.69) is 5.32 Å². The van der Waals surface area contributed by atoms with Crippen LogP contribution in [0.3, 0.4) is 0 Å². The van der Waals surface area contributed by atoms with Crippen LogP contribution in [0.4, 0.5) is 0 Å². The third kappa shape index (κ3) is 2.07. The monoisotopic (exact) mass is 279 g/mol. The largest absolute Gasteiger partial charge is 0.315 e. The van der Waals surface area contributed by atoms with Crippen LogP contribution in [0, 0.1) is 0 Å². The lowest BCUT2D eigenvalue weighted by molar-refractivity contribution is 0.583. The highest BCUT2D eigenvalue weighted by Gasteiger charge is 2.33. The fraction of sp³-hybridized carbons (Fsp3) is 0.400. The van der Waals surface area contributed by atoms with Gasteiger partial charge in [0.1, 0.15) is 4.90 Å². The molecule has 0 aromatic heterocycles. The highest BCUT2D eigenvalue weighted by atomic mass is 35.5. The first-order valence-corrected chi connectivity index (χ1v) is 7.22. The summed E-state index contributed by atoms with van der Waals surface area (Å²) in [7, 11) is -3.43. The van der Waals surface area contributed by atoms with E-state index in [4.69, 9.17) is 23.2 Å². The summed E-state index contributed by atoms with van der Waals surface area (Å²) in [5.74, 6) is 0. The Bertz CT molecular complexity index is 475. The second-order valence-electron chi connectivity index (χ2n) is 3.71. The van der Waals surface area contributed by atoms with Crippen LogP contribution in [0.1, 0.15) is 6.42 Å². The molecule has 1 aromatic carbocycles. The van der Waals surface area contributed by atoms with Crippen molar-refractivity contribution in [3.8, 4) is 0 Å². The smallest absolute Gasteiger partial charge is 0.185 e. The molecule has 1 N–H and O–H groups in total. The number of hydrogen-bond donors (Lipinski definition) is 1. The fourth-order valence-corrected chi connectivity index (χ4v) is 4.64. The van der Waals surface area contributed by atoms with E-state index >= 15 is 0 Å². The summed E-state index contributed by atoms with van der Waals surface area (Å²) in [5.41, 5.74) is 0. The second kappa shape index (κ2) is 4.53. The number of hydrogen-bond acceptors (Lipinski definition) is 3. The van der Waals surface area contributed by atoms with Gasteiger partial charge in [0.2, 0.25) is 0 Å². The van der Waals surface area contributed by atoms with Crippen molar-refractivity contribution in [1.29, 1.82) is 0 Å². The van der Waals surface area contributed by atoms with Crippen LogP contribution in [0.5, 0.6) is 0 Å². The van der Waals surface area contributed by atoms with Gasteiger partial charge in [0, 0.05) is 6.54 Å². The molecular formula is C10H11Cl2NO2S. The van der Waals surface area contributed by atoms with Gasteiger partial charge >= 0.3 is 0 Å². The third-order valence-electron chi connectivity index (χ3n) is 2.66. The Kier molecular flexibility index (Phi) is 3.45. The summed E-state index contributed by atoms with van der Waals surface area (Å²) in [6.07, 6.45) is 0.601. The second-order valence-corrected chi connectivity index (χ2v) is 6.69. The summed E-state index contributed by atoms with van der Waals surface area (Å²) in [5, 5.41) is 2.98. The molecule has 0 bridgehead atoms. The molecule has 6 heteroatoms. The van der Waals surface area contributed by atoms with Crippen LogP contribution in [0.2, 0.25) is 10.0 Å². The summed E-state index contributed by atoms with van der Waals surface area (Å²) in [4.78, 5) is 0.0621. The van der Waals surface area contributed by atoms with Gasteiger partial charge in [-0.3, -0.25) is 0 Å². The molecule has 3 nitrogen and oxygen atoms in total. The van der Waals surface area contributed by atoms with Gasteiger partial charge in [-0.15, -0.1) is 0 Å². The molecule has 2 rings (SSSR count). The molecule has 1 fully saturated rings. The minimum Gasteiger partial charge on any atom is -0.315 e. The molecule has 0 radical (unpaired) electrons. The van der Waals surface area contributed by atoms with Crippen molar-refractivity contribution in [1.82, 2.24) is 5.32 Å². The standard InChI is InChI=1S/C10H11Cl2NO2S/c11-8-2-1-3-9(12)10(8)16(14,15)7-4-5-13-6-7/h1-3,7,13H,4-6H2. The van der Waals surface area contributed by atoms with Crippen LogP contribution in [-0.4, -0.2) is 26.8 Å². The van der Waals surface area contributed by atoms with Gasteiger partial charge in [-0.1, -0.05) is 29.3 Å². The third-order valence-corrected chi connectivity index (χ3v) is 5.80. The van der Waals surface area contributed by atoms with Gasteiger partial charge in [0.05, 0.1) is 15.3 Å². The first kappa shape index (κ1) is 12.2. The van der Waals surface area contributed by atoms with Gasteiger partial charge in [-0.05, 0) is 25.1 Å². The van der Waals surface area contributed by atoms with E-state index in [0.717, 1.165) is 0 Å². The molecule has 0 aliphatic carbocycles. The first-order chi connectivity index (χ1) is 7.53. The van der Waals surface area contributed by atoms with Gasteiger partial charge < -0.3 is 5.32 Å². The molecule has 88 valence electrons. The highest BCUT2D eigenvalue weighted by Crippen LogP contribution is 2.32. The maximum Gasteiger partial charge on any atom is 0.185 e. The number of nitrogens with one attached hydrogen (secondary N) is 1. The molecule has 1 atom stereocenters. The lowest BCUT2D eigenvalue weighted by Gasteiger charge is -2.13. The SMILES string of the molecule is O=S(=O)(c1c(Cl)cccc1Cl)C1CCNC1. The summed E-state index contributed by atoms with van der Waals surface area (Å²) >= 11 is 11.8. The van der Waals surface area contributed by atoms with Crippen molar-refractivity contribution in [3.05, 3.63) is 28.2 Å². The van der Waals surface area contributed by atoms with Crippen LogP contribution in [-0.2, 0) is 9.84 Å². The maximum absolute atomic E-state index is 12.3. The Balaban J connectivity index is 2.50. The maximum atomic E-state index is 12.3. The molecule has 1 aliphatic rings. The predicted octanol–water partition coefficient (Wildman–Crippen LogP) is 2.13. The highest BCUT2D eigenvalue weighted by molar-refractivity contribution is 7.92. The fourth-order valence-electron chi connectivity index (χ4n) is 1.81. The van der Waals surface area contributed by atoms with E-state index in [1.165, 1.54) is 0 Å². The molecule has 1 aromatic rings. The topological polar surface area (TPSA) is 46.2 Å². The zero-order valence-electron chi connectivity index (χ0n) is 8.41. The van der Waals surface area contributed by atoms with Crippen LogP contribution in [0.25, 0.3) is 0 Å². The van der Waals surface area contributed by atoms with Gasteiger partial charge in [0.25, 0.3) is 0 Å². The van der Waals surface area contributed by atoms with E-state index in [1.54, 1.807) is 18.2 Å². The number of benzene rings is 1. The molecule has 1 saturated heterocycles. The van der Waals surface area contributed by atoms with E-state index in [1.807, 2.05) is 0 Å². The molecule has 0 amide bonds. The Morgan fingerprint density at radius 3 is 2.38 bits per heavy atom. The first-order valence-electron chi connectivity index (χ1n) is 4.92. The Hall–Kier alpha value is -0.290. The average molecular weight is 280 g/mol. The Morgan fingerprint density at radius 2 is 1.88 bits per heavy atom. The van der Waals surface area contributed by atoms with Gasteiger partial charge in [0.15, 0.2) is 9.84 Å². The summed E-state index contributed by atoms with van der Waals surface area (Å²) in [6, 6.07) is 4.72. The van der Waals surface area contributed by atoms with Crippen molar-refractivity contribution in [2.75, 3.05) is 13.1 Å². The van der Waals surface area contributed by atoms with Crippen molar-refractivity contribution < 1.29 is 8.42 Å². The number of halogens is 2. The zero-order valence-corrected chi connectivity index (χ0v) is 10.7. The average Bonchev–Trinajstić information content (AvgIpc) is 2.69. The molecule has 0 spiro atoms. The molecule has 1 aliphatic heterocycles. The van der Waals surface area contributed by atoms with Crippen molar-refractivity contribution in [3.63, 3.8) is 0 Å². The van der Waals surface area contributed by atoms with E-state index in [9.17, 15) is 8.42 Å². The van der Waals surface area contributed by atoms with Crippen molar-refractivity contribution >= 4 is 33.0 Å². The minimum absolute atomic E-state index is 0.0621. The summed E-state index contributed by atoms with van der Waals surface area (Å²) < 4.78 is 24.5. The van der Waals surface area contributed by atoms with Gasteiger partial charge in [-0.2, -0.15) is 0 Å². The van der Waals surface area contributed by atoms with Crippen molar-refractivity contribution in [2.45, 2.75) is 16.6 Å². The van der Waals surface area contributed by atoms with Crippen LogP contribution in [0.15, 0.2) is 23.1 Å². The normalized spacial score (nSPS) is 21.2. The van der Waals surface area contributed by atoms with Crippen molar-refractivity contribution in [2.24, 2.45) is 0 Å². The van der Waals surface area contributed by atoms with E-state index < -0.39 is 15.1 Å². The predicted molar refractivity (Wildman–Crippen MR) is 64.9 cm³/mol. The van der Waals surface area contributed by atoms with E-state index in [0.29, 0.717) is 19.5 Å². The zero-order chi connectivity index (χ0) is 11.8. The molecular weight excluding hydrogens is 269 g/mol. The Morgan fingerprint density at radius 1 is 1.25 bits per heavy atom. The number of sulfone groups is 1. The lowest BCUT2D eigenvalue weighted by Crippen LogP contribution is -2.24. The quantitative estimate of drug-likeness (QED) is 0.902. The number of rotatable bonds is 2. The van der Waals surface area contributed by atoms with Crippen LogP contribution < -0.4 is 5.32 Å².